The molecule has 0 aliphatic carbocycles. The summed E-state index contributed by atoms with van der Waals surface area (Å²) in [5.74, 6) is -0.779. The van der Waals surface area contributed by atoms with E-state index in [0.717, 1.165) is 31.2 Å². The molecule has 0 saturated carbocycles. The van der Waals surface area contributed by atoms with E-state index in [1.165, 1.54) is 12.1 Å². The predicted molar refractivity (Wildman–Crippen MR) is 163 cm³/mol. The van der Waals surface area contributed by atoms with Crippen LogP contribution in [0.2, 0.25) is 0 Å². The molecule has 0 aliphatic heterocycles. The molecule has 3 amide bonds. The number of rotatable bonds is 17. The molecule has 0 spiro atoms. The van der Waals surface area contributed by atoms with Gasteiger partial charge >= 0.3 is 0 Å². The third-order valence-electron chi connectivity index (χ3n) is 7.64. The molecule has 0 radical (unpaired) electrons. The minimum atomic E-state index is -0.535. The molecule has 2 aromatic rings. The number of benzene rings is 2. The van der Waals surface area contributed by atoms with Gasteiger partial charge in [-0.3, -0.25) is 14.4 Å². The van der Waals surface area contributed by atoms with Crippen LogP contribution in [0.15, 0.2) is 48.5 Å². The first-order valence-corrected chi connectivity index (χ1v) is 15.1. The van der Waals surface area contributed by atoms with Crippen molar-refractivity contribution in [3.05, 3.63) is 71.0 Å². The van der Waals surface area contributed by atoms with Gasteiger partial charge in [0.25, 0.3) is 11.8 Å². The lowest BCUT2D eigenvalue weighted by atomic mass is 9.91. The zero-order chi connectivity index (χ0) is 30.4. The van der Waals surface area contributed by atoms with E-state index in [1.807, 2.05) is 20.8 Å². The molecule has 0 saturated heterocycles. The number of carbonyl (C=O) groups excluding carboxylic acids is 3. The Morgan fingerprint density at radius 2 is 1.54 bits per heavy atom. The molecule has 0 fully saturated rings. The van der Waals surface area contributed by atoms with Crippen molar-refractivity contribution in [3.8, 4) is 0 Å². The van der Waals surface area contributed by atoms with Crippen molar-refractivity contribution in [1.82, 2.24) is 15.5 Å². The summed E-state index contributed by atoms with van der Waals surface area (Å²) >= 11 is 0. The predicted octanol–water partition coefficient (Wildman–Crippen LogP) is 5.33. The minimum absolute atomic E-state index is 0.0610. The second-order valence-electron chi connectivity index (χ2n) is 11.0. The standard InChI is InChI=1S/C33H49FN4O3/c1-6-17-38(18-7-2)33(41)27-12-10-11-26(21-27)32(40)37-30(20-25-13-15-28(34)16-14-25)29(35)19-23(5)31(39)36-22-24(8-3)9-4/h10-16,21,23-24,29-30H,6-9,17-20,22,35H2,1-5H3,(H,36,39)(H,37,40)/t23-,29+,30+/m1/s1. The molecule has 4 N–H and O–H groups in total. The summed E-state index contributed by atoms with van der Waals surface area (Å²) < 4.78 is 13.5. The van der Waals surface area contributed by atoms with Crippen LogP contribution in [0.3, 0.4) is 0 Å². The largest absolute Gasteiger partial charge is 0.356 e. The molecule has 8 heteroatoms. The van der Waals surface area contributed by atoms with Gasteiger partial charge in [0.15, 0.2) is 0 Å². The molecule has 0 aromatic heterocycles. The van der Waals surface area contributed by atoms with Crippen LogP contribution in [-0.4, -0.2) is 54.3 Å². The highest BCUT2D eigenvalue weighted by atomic mass is 19.1. The Labute approximate surface area is 245 Å². The first kappa shape index (κ1) is 33.9. The summed E-state index contributed by atoms with van der Waals surface area (Å²) in [6.07, 6.45) is 4.43. The Kier molecular flexibility index (Phi) is 14.5. The molecule has 0 bridgehead atoms. The monoisotopic (exact) mass is 568 g/mol. The number of carbonyl (C=O) groups is 3. The molecule has 41 heavy (non-hydrogen) atoms. The van der Waals surface area contributed by atoms with Crippen molar-refractivity contribution in [3.63, 3.8) is 0 Å². The van der Waals surface area contributed by atoms with Crippen molar-refractivity contribution in [2.24, 2.45) is 17.6 Å². The first-order valence-electron chi connectivity index (χ1n) is 15.1. The second kappa shape index (κ2) is 17.5. The number of nitrogens with one attached hydrogen (secondary N) is 2. The number of halogens is 1. The van der Waals surface area contributed by atoms with Gasteiger partial charge in [0.2, 0.25) is 5.91 Å². The van der Waals surface area contributed by atoms with Crippen LogP contribution in [0, 0.1) is 17.7 Å². The highest BCUT2D eigenvalue weighted by Gasteiger charge is 2.26. The molecule has 226 valence electrons. The Morgan fingerprint density at radius 3 is 2.12 bits per heavy atom. The van der Waals surface area contributed by atoms with Gasteiger partial charge in [-0.15, -0.1) is 0 Å². The maximum atomic E-state index is 13.5. The van der Waals surface area contributed by atoms with E-state index in [4.69, 9.17) is 5.73 Å². The van der Waals surface area contributed by atoms with Crippen LogP contribution in [0.4, 0.5) is 4.39 Å². The summed E-state index contributed by atoms with van der Waals surface area (Å²) in [6.45, 7) is 12.1. The first-order chi connectivity index (χ1) is 19.6. The van der Waals surface area contributed by atoms with E-state index in [-0.39, 0.29) is 29.5 Å². The van der Waals surface area contributed by atoms with Gasteiger partial charge in [-0.2, -0.15) is 0 Å². The van der Waals surface area contributed by atoms with E-state index in [1.54, 1.807) is 41.3 Å². The summed E-state index contributed by atoms with van der Waals surface area (Å²) in [6, 6.07) is 11.8. The Balaban J connectivity index is 2.20. The van der Waals surface area contributed by atoms with Gasteiger partial charge < -0.3 is 21.3 Å². The highest BCUT2D eigenvalue weighted by Crippen LogP contribution is 2.16. The average Bonchev–Trinajstić information content (AvgIpc) is 2.97. The topological polar surface area (TPSA) is 105 Å². The number of amides is 3. The van der Waals surface area contributed by atoms with E-state index in [0.29, 0.717) is 49.5 Å². The third kappa shape index (κ3) is 10.9. The van der Waals surface area contributed by atoms with E-state index < -0.39 is 12.1 Å². The fraction of sp³-hybridized carbons (Fsp3) is 0.545. The van der Waals surface area contributed by atoms with Gasteiger partial charge in [0.05, 0.1) is 0 Å². The van der Waals surface area contributed by atoms with E-state index in [2.05, 4.69) is 24.5 Å². The molecular weight excluding hydrogens is 519 g/mol. The summed E-state index contributed by atoms with van der Waals surface area (Å²) in [5, 5.41) is 6.08. The molecule has 7 nitrogen and oxygen atoms in total. The summed E-state index contributed by atoms with van der Waals surface area (Å²) in [5.41, 5.74) is 8.26. The lowest BCUT2D eigenvalue weighted by Gasteiger charge is -2.28. The lowest BCUT2D eigenvalue weighted by Crippen LogP contribution is -2.50. The minimum Gasteiger partial charge on any atom is -0.356 e. The normalized spacial score (nSPS) is 13.4. The number of nitrogens with zero attached hydrogens (tertiary/aromatic N) is 1. The number of nitrogens with two attached hydrogens (primary N) is 1. The zero-order valence-electron chi connectivity index (χ0n) is 25.4. The maximum absolute atomic E-state index is 13.5. The van der Waals surface area contributed by atoms with Crippen molar-refractivity contribution < 1.29 is 18.8 Å². The molecule has 0 unspecified atom stereocenters. The highest BCUT2D eigenvalue weighted by molar-refractivity contribution is 5.99. The smallest absolute Gasteiger partial charge is 0.253 e. The van der Waals surface area contributed by atoms with Gasteiger partial charge in [-0.25, -0.2) is 4.39 Å². The second-order valence-corrected chi connectivity index (χ2v) is 11.0. The zero-order valence-corrected chi connectivity index (χ0v) is 25.4. The number of hydrogen-bond acceptors (Lipinski definition) is 4. The van der Waals surface area contributed by atoms with Gasteiger partial charge in [0, 0.05) is 48.8 Å². The Hall–Kier alpha value is -3.26. The molecule has 0 heterocycles. The van der Waals surface area contributed by atoms with Gasteiger partial charge in [0.1, 0.15) is 5.82 Å². The van der Waals surface area contributed by atoms with Crippen LogP contribution in [0.25, 0.3) is 0 Å². The van der Waals surface area contributed by atoms with Crippen LogP contribution < -0.4 is 16.4 Å². The van der Waals surface area contributed by atoms with Gasteiger partial charge in [-0.05, 0) is 67.5 Å². The van der Waals surface area contributed by atoms with Crippen LogP contribution >= 0.6 is 0 Å². The third-order valence-corrected chi connectivity index (χ3v) is 7.64. The van der Waals surface area contributed by atoms with E-state index >= 15 is 0 Å². The SMILES string of the molecule is CCCN(CCC)C(=O)c1cccc(C(=O)N[C@@H](Cc2ccc(F)cc2)[C@@H](N)C[C@@H](C)C(=O)NCC(CC)CC)c1. The summed E-state index contributed by atoms with van der Waals surface area (Å²) in [7, 11) is 0. The van der Waals surface area contributed by atoms with Crippen molar-refractivity contribution in [1.29, 1.82) is 0 Å². The molecular formula is C33H49FN4O3. The van der Waals surface area contributed by atoms with Crippen LogP contribution in [0.5, 0.6) is 0 Å². The van der Waals surface area contributed by atoms with Crippen LogP contribution in [0.1, 0.15) is 93.0 Å². The Bertz CT molecular complexity index is 1100. The summed E-state index contributed by atoms with van der Waals surface area (Å²) in [4.78, 5) is 41.2. The van der Waals surface area contributed by atoms with Crippen molar-refractivity contribution in [2.45, 2.75) is 85.2 Å². The van der Waals surface area contributed by atoms with Crippen LogP contribution in [-0.2, 0) is 11.2 Å². The Morgan fingerprint density at radius 1 is 0.927 bits per heavy atom. The molecule has 2 aromatic carbocycles. The lowest BCUT2D eigenvalue weighted by molar-refractivity contribution is -0.125. The van der Waals surface area contributed by atoms with Gasteiger partial charge in [-0.1, -0.05) is 65.7 Å². The molecule has 0 aliphatic rings. The fourth-order valence-corrected chi connectivity index (χ4v) is 4.94. The average molecular weight is 569 g/mol. The maximum Gasteiger partial charge on any atom is 0.253 e. The fourth-order valence-electron chi connectivity index (χ4n) is 4.94. The number of hydrogen-bond donors (Lipinski definition) is 3. The van der Waals surface area contributed by atoms with E-state index in [9.17, 15) is 18.8 Å². The van der Waals surface area contributed by atoms with Crippen molar-refractivity contribution in [2.75, 3.05) is 19.6 Å². The molecule has 2 rings (SSSR count). The van der Waals surface area contributed by atoms with Crippen molar-refractivity contribution >= 4 is 17.7 Å². The molecule has 3 atom stereocenters. The quantitative estimate of drug-likeness (QED) is 0.240.